The van der Waals surface area contributed by atoms with E-state index in [1.54, 1.807) is 12.1 Å². The molecule has 32 heavy (non-hydrogen) atoms. The molecular weight excluding hydrogens is 434 g/mol. The number of methoxy groups -OCH3 is 1. The molecule has 1 heterocycles. The van der Waals surface area contributed by atoms with Crippen LogP contribution in [0, 0.1) is 12.8 Å². The number of hydrogen-bond acceptors (Lipinski definition) is 6. The van der Waals surface area contributed by atoms with Crippen LogP contribution in [0.1, 0.15) is 25.8 Å². The topological polar surface area (TPSA) is 120 Å². The first kappa shape index (κ1) is 23.6. The number of carbonyl (C=O) groups is 1. The number of fused-ring (bicyclic) bond motifs is 1. The molecule has 0 aliphatic heterocycles. The number of hydrogen-bond donors (Lipinski definition) is 2. The number of anilines is 1. The Morgan fingerprint density at radius 1 is 1.19 bits per heavy atom. The van der Waals surface area contributed by atoms with Gasteiger partial charge in [-0.05, 0) is 49.1 Å². The molecule has 2 aromatic carbocycles. The first-order chi connectivity index (χ1) is 15.0. The van der Waals surface area contributed by atoms with Gasteiger partial charge in [0.05, 0.1) is 23.2 Å². The first-order valence-electron chi connectivity index (χ1n) is 10.1. The van der Waals surface area contributed by atoms with Crippen LogP contribution in [0.2, 0.25) is 0 Å². The summed E-state index contributed by atoms with van der Waals surface area (Å²) >= 11 is 0. The van der Waals surface area contributed by atoms with Gasteiger partial charge in [0.25, 0.3) is 0 Å². The molecule has 10 heteroatoms. The summed E-state index contributed by atoms with van der Waals surface area (Å²) in [7, 11) is -1.05. The maximum absolute atomic E-state index is 13.1. The zero-order valence-corrected chi connectivity index (χ0v) is 19.4. The molecule has 0 spiro atoms. The number of aryl methyl sites for hydroxylation is 2. The molecule has 3 aromatic rings. The third-order valence-corrected chi connectivity index (χ3v) is 6.48. The number of sulfonamides is 1. The normalized spacial score (nSPS) is 12.8. The number of nitrogens with zero attached hydrogens (tertiary/aromatic N) is 1. The van der Waals surface area contributed by atoms with Crippen LogP contribution in [0.5, 0.6) is 5.75 Å². The van der Waals surface area contributed by atoms with Gasteiger partial charge in [-0.1, -0.05) is 19.9 Å². The van der Waals surface area contributed by atoms with Gasteiger partial charge in [0, 0.05) is 13.1 Å². The zero-order valence-electron chi connectivity index (χ0n) is 18.6. The fourth-order valence-corrected chi connectivity index (χ4v) is 4.58. The molecule has 1 aromatic heterocycles. The fraction of sp³-hybridized carbons (Fsp3) is 0.364. The lowest BCUT2D eigenvalue weighted by Crippen LogP contribution is -2.44. The number of carbonyl (C=O) groups excluding carboxylic acids is 1. The van der Waals surface area contributed by atoms with Gasteiger partial charge < -0.3 is 14.5 Å². The third-order valence-electron chi connectivity index (χ3n) is 5.01. The summed E-state index contributed by atoms with van der Waals surface area (Å²) < 4.78 is 40.3. The molecule has 172 valence electrons. The Kier molecular flexibility index (Phi) is 6.75. The van der Waals surface area contributed by atoms with E-state index in [1.165, 1.54) is 36.9 Å². The van der Waals surface area contributed by atoms with E-state index in [1.807, 2.05) is 26.8 Å². The van der Waals surface area contributed by atoms with Crippen LogP contribution < -0.4 is 20.5 Å². The van der Waals surface area contributed by atoms with E-state index in [4.69, 9.17) is 9.15 Å². The van der Waals surface area contributed by atoms with Crippen LogP contribution in [-0.2, 0) is 21.9 Å². The van der Waals surface area contributed by atoms with Crippen molar-refractivity contribution >= 4 is 32.7 Å². The molecule has 9 nitrogen and oxygen atoms in total. The minimum absolute atomic E-state index is 0.0440. The highest BCUT2D eigenvalue weighted by atomic mass is 32.2. The Labute approximate surface area is 186 Å². The van der Waals surface area contributed by atoms with E-state index < -0.39 is 27.7 Å². The number of aromatic nitrogens is 1. The van der Waals surface area contributed by atoms with E-state index in [2.05, 4.69) is 10.0 Å². The van der Waals surface area contributed by atoms with Crippen molar-refractivity contribution in [3.63, 3.8) is 0 Å². The van der Waals surface area contributed by atoms with E-state index in [0.29, 0.717) is 17.0 Å². The van der Waals surface area contributed by atoms with Crippen molar-refractivity contribution in [1.82, 2.24) is 9.29 Å². The number of amides is 1. The smallest absolute Gasteiger partial charge is 0.419 e. The average molecular weight is 462 g/mol. The highest BCUT2D eigenvalue weighted by Crippen LogP contribution is 2.26. The van der Waals surface area contributed by atoms with Crippen molar-refractivity contribution in [2.75, 3.05) is 12.4 Å². The average Bonchev–Trinajstić information content (AvgIpc) is 3.00. The van der Waals surface area contributed by atoms with Crippen LogP contribution >= 0.6 is 0 Å². The molecule has 0 fully saturated rings. The number of ether oxygens (including phenoxy) is 1. The molecule has 0 aliphatic rings. The van der Waals surface area contributed by atoms with Gasteiger partial charge in [0.2, 0.25) is 15.9 Å². The van der Waals surface area contributed by atoms with E-state index in [9.17, 15) is 18.0 Å². The second-order valence-corrected chi connectivity index (χ2v) is 9.77. The van der Waals surface area contributed by atoms with Gasteiger partial charge in [-0.3, -0.25) is 9.36 Å². The molecular formula is C22H27N3O6S. The lowest BCUT2D eigenvalue weighted by atomic mass is 10.0. The quantitative estimate of drug-likeness (QED) is 0.532. The number of benzene rings is 2. The van der Waals surface area contributed by atoms with Crippen LogP contribution in [-0.4, -0.2) is 32.0 Å². The maximum atomic E-state index is 13.1. The van der Waals surface area contributed by atoms with E-state index >= 15 is 0 Å². The zero-order chi connectivity index (χ0) is 23.6. The lowest BCUT2D eigenvalue weighted by Gasteiger charge is -2.21. The second kappa shape index (κ2) is 9.17. The van der Waals surface area contributed by atoms with Crippen molar-refractivity contribution < 1.29 is 22.4 Å². The molecule has 0 saturated carbocycles. The van der Waals surface area contributed by atoms with Crippen LogP contribution in [0.3, 0.4) is 0 Å². The SMILES string of the molecule is COc1ccc(C)cc1NC(=O)[C@H](CC(C)C)NS(=O)(=O)c1ccc2c(c1)oc(=O)n2C. The largest absolute Gasteiger partial charge is 0.495 e. The van der Waals surface area contributed by atoms with Crippen LogP contribution in [0.4, 0.5) is 5.69 Å². The van der Waals surface area contributed by atoms with Gasteiger partial charge in [-0.25, -0.2) is 13.2 Å². The van der Waals surface area contributed by atoms with Crippen LogP contribution in [0.25, 0.3) is 11.1 Å². The van der Waals surface area contributed by atoms with Crippen molar-refractivity contribution in [3.05, 3.63) is 52.5 Å². The van der Waals surface area contributed by atoms with Crippen molar-refractivity contribution in [1.29, 1.82) is 0 Å². The summed E-state index contributed by atoms with van der Waals surface area (Å²) in [5, 5.41) is 2.77. The molecule has 0 radical (unpaired) electrons. The van der Waals surface area contributed by atoms with Gasteiger partial charge >= 0.3 is 5.76 Å². The molecule has 2 N–H and O–H groups in total. The fourth-order valence-electron chi connectivity index (χ4n) is 3.36. The Morgan fingerprint density at radius 3 is 2.56 bits per heavy atom. The lowest BCUT2D eigenvalue weighted by molar-refractivity contribution is -0.118. The predicted molar refractivity (Wildman–Crippen MR) is 121 cm³/mol. The molecule has 1 atom stereocenters. The van der Waals surface area contributed by atoms with Crippen molar-refractivity contribution in [3.8, 4) is 5.75 Å². The van der Waals surface area contributed by atoms with Crippen molar-refractivity contribution in [2.24, 2.45) is 13.0 Å². The first-order valence-corrected chi connectivity index (χ1v) is 11.6. The third kappa shape index (κ3) is 5.03. The minimum atomic E-state index is -4.07. The van der Waals surface area contributed by atoms with Gasteiger partial charge in [0.1, 0.15) is 11.8 Å². The molecule has 0 saturated heterocycles. The summed E-state index contributed by atoms with van der Waals surface area (Å²) in [5.74, 6) is -0.577. The monoisotopic (exact) mass is 461 g/mol. The highest BCUT2D eigenvalue weighted by Gasteiger charge is 2.28. The number of oxazole rings is 1. The Balaban J connectivity index is 1.90. The standard InChI is InChI=1S/C22H27N3O6S/c1-13(2)10-17(21(26)23-16-11-14(3)6-9-19(16)30-5)24-32(28,29)15-7-8-18-20(12-15)31-22(27)25(18)4/h6-9,11-13,17,24H,10H2,1-5H3,(H,23,26)/t17-/m0/s1. The number of rotatable bonds is 8. The molecule has 3 rings (SSSR count). The molecule has 0 unspecified atom stereocenters. The van der Waals surface area contributed by atoms with Gasteiger partial charge in [0.15, 0.2) is 5.58 Å². The Hall–Kier alpha value is -3.11. The summed E-state index contributed by atoms with van der Waals surface area (Å²) in [6, 6.07) is 8.44. The van der Waals surface area contributed by atoms with E-state index in [0.717, 1.165) is 5.56 Å². The molecule has 0 aliphatic carbocycles. The molecule has 0 bridgehead atoms. The van der Waals surface area contributed by atoms with Crippen LogP contribution in [0.15, 0.2) is 50.5 Å². The predicted octanol–water partition coefficient (Wildman–Crippen LogP) is 2.78. The number of nitrogens with one attached hydrogen (secondary N) is 2. The second-order valence-electron chi connectivity index (χ2n) is 8.05. The Bertz CT molecular complexity index is 1310. The summed E-state index contributed by atoms with van der Waals surface area (Å²) in [6.45, 7) is 5.67. The van der Waals surface area contributed by atoms with E-state index in [-0.39, 0.29) is 22.8 Å². The Morgan fingerprint density at radius 2 is 1.91 bits per heavy atom. The summed E-state index contributed by atoms with van der Waals surface area (Å²) in [5.41, 5.74) is 1.99. The summed E-state index contributed by atoms with van der Waals surface area (Å²) in [6.07, 6.45) is 0.280. The highest BCUT2D eigenvalue weighted by molar-refractivity contribution is 7.89. The minimum Gasteiger partial charge on any atom is -0.495 e. The van der Waals surface area contributed by atoms with Gasteiger partial charge in [-0.2, -0.15) is 4.72 Å². The summed E-state index contributed by atoms with van der Waals surface area (Å²) in [4.78, 5) is 24.6. The van der Waals surface area contributed by atoms with Crippen molar-refractivity contribution in [2.45, 2.75) is 38.1 Å². The van der Waals surface area contributed by atoms with Gasteiger partial charge in [-0.15, -0.1) is 0 Å². The molecule has 1 amide bonds. The maximum Gasteiger partial charge on any atom is 0.419 e.